The van der Waals surface area contributed by atoms with E-state index in [1.54, 1.807) is 27.0 Å². The van der Waals surface area contributed by atoms with Gasteiger partial charge >= 0.3 is 12.1 Å². The van der Waals surface area contributed by atoms with Crippen molar-refractivity contribution >= 4 is 28.9 Å². The van der Waals surface area contributed by atoms with Crippen LogP contribution in [0.1, 0.15) is 33.3 Å². The van der Waals surface area contributed by atoms with E-state index in [2.05, 4.69) is 15.6 Å². The number of fused-ring (bicyclic) bond motifs is 1. The van der Waals surface area contributed by atoms with Crippen molar-refractivity contribution in [2.45, 2.75) is 51.8 Å². The number of benzene rings is 1. The van der Waals surface area contributed by atoms with Crippen molar-refractivity contribution < 1.29 is 24.2 Å². The molecule has 1 aromatic carbocycles. The zero-order valence-corrected chi connectivity index (χ0v) is 15.8. The van der Waals surface area contributed by atoms with Gasteiger partial charge in [-0.25, -0.2) is 4.79 Å². The number of alkyl carbamates (subject to hydrolysis) is 1. The number of para-hydroxylation sites is 1. The van der Waals surface area contributed by atoms with Gasteiger partial charge in [-0.3, -0.25) is 9.59 Å². The highest BCUT2D eigenvalue weighted by molar-refractivity contribution is 5.90. The molecular formula is C19H25N3O5. The van der Waals surface area contributed by atoms with Gasteiger partial charge in [0.05, 0.1) is 0 Å². The smallest absolute Gasteiger partial charge is 0.408 e. The molecule has 1 heterocycles. The second-order valence-electron chi connectivity index (χ2n) is 7.33. The largest absolute Gasteiger partial charge is 0.480 e. The average Bonchev–Trinajstić information content (AvgIpc) is 2.95. The number of nitrogens with one attached hydrogen (secondary N) is 3. The van der Waals surface area contributed by atoms with Crippen LogP contribution in [0, 0.1) is 0 Å². The average molecular weight is 375 g/mol. The highest BCUT2D eigenvalue weighted by Crippen LogP contribution is 2.19. The summed E-state index contributed by atoms with van der Waals surface area (Å²) in [5.74, 6) is -1.76. The molecule has 2 amide bonds. The topological polar surface area (TPSA) is 121 Å². The molecule has 0 fully saturated rings. The quantitative estimate of drug-likeness (QED) is 0.617. The van der Waals surface area contributed by atoms with Crippen LogP contribution >= 0.6 is 0 Å². The van der Waals surface area contributed by atoms with Crippen LogP contribution in [0.15, 0.2) is 30.5 Å². The lowest BCUT2D eigenvalue weighted by molar-refractivity contribution is -0.141. The number of aromatic nitrogens is 1. The molecule has 2 rings (SSSR count). The summed E-state index contributed by atoms with van der Waals surface area (Å²) in [6.07, 6.45) is 1.20. The fraction of sp³-hybridized carbons (Fsp3) is 0.421. The van der Waals surface area contributed by atoms with Crippen LogP contribution in [0.5, 0.6) is 0 Å². The third-order valence-electron chi connectivity index (χ3n) is 3.84. The number of hydrogen-bond acceptors (Lipinski definition) is 4. The van der Waals surface area contributed by atoms with Gasteiger partial charge in [-0.2, -0.15) is 0 Å². The molecule has 0 radical (unpaired) electrons. The van der Waals surface area contributed by atoms with E-state index in [-0.39, 0.29) is 6.42 Å². The number of amides is 2. The summed E-state index contributed by atoms with van der Waals surface area (Å²) in [5.41, 5.74) is 1.01. The summed E-state index contributed by atoms with van der Waals surface area (Å²) >= 11 is 0. The summed E-state index contributed by atoms with van der Waals surface area (Å²) < 4.78 is 5.22. The van der Waals surface area contributed by atoms with Crippen molar-refractivity contribution in [3.8, 4) is 0 Å². The van der Waals surface area contributed by atoms with Gasteiger partial charge in [0.2, 0.25) is 5.91 Å². The third-order valence-corrected chi connectivity index (χ3v) is 3.84. The molecule has 0 aliphatic rings. The Morgan fingerprint density at radius 3 is 2.48 bits per heavy atom. The van der Waals surface area contributed by atoms with Crippen LogP contribution in [0.2, 0.25) is 0 Å². The second-order valence-corrected chi connectivity index (χ2v) is 7.33. The number of carbonyl (C=O) groups is 3. The van der Waals surface area contributed by atoms with Crippen molar-refractivity contribution in [1.29, 1.82) is 0 Å². The lowest BCUT2D eigenvalue weighted by Crippen LogP contribution is -2.52. The number of aliphatic carboxylic acids is 1. The highest BCUT2D eigenvalue weighted by Gasteiger charge is 2.27. The summed E-state index contributed by atoms with van der Waals surface area (Å²) in [6, 6.07) is 5.51. The van der Waals surface area contributed by atoms with Crippen molar-refractivity contribution in [2.24, 2.45) is 0 Å². The minimum atomic E-state index is -1.16. The number of ether oxygens (including phenoxy) is 1. The van der Waals surface area contributed by atoms with Gasteiger partial charge in [0.1, 0.15) is 17.7 Å². The standard InChI is InChI=1S/C19H25N3O5/c1-11(17(24)25)21-16(23)15(22-18(26)27-19(2,3)4)9-12-10-20-14-8-6-5-7-13(12)14/h5-8,10-11,15,20H,9H2,1-4H3,(H,21,23)(H,22,26)(H,24,25)/t11-,15-/m0/s1. The van der Waals surface area contributed by atoms with Crippen molar-refractivity contribution in [3.63, 3.8) is 0 Å². The maximum atomic E-state index is 12.6. The molecule has 8 heteroatoms. The first-order valence-corrected chi connectivity index (χ1v) is 8.64. The first kappa shape index (κ1) is 20.3. The Balaban J connectivity index is 2.21. The number of aromatic amines is 1. The van der Waals surface area contributed by atoms with Crippen molar-refractivity contribution in [3.05, 3.63) is 36.0 Å². The molecular weight excluding hydrogens is 350 g/mol. The van der Waals surface area contributed by atoms with Crippen molar-refractivity contribution in [1.82, 2.24) is 15.6 Å². The third kappa shape index (κ3) is 5.73. The summed E-state index contributed by atoms with van der Waals surface area (Å²) in [6.45, 7) is 6.51. The Morgan fingerprint density at radius 2 is 1.85 bits per heavy atom. The maximum absolute atomic E-state index is 12.6. The van der Waals surface area contributed by atoms with Crippen LogP contribution < -0.4 is 10.6 Å². The molecule has 0 unspecified atom stereocenters. The van der Waals surface area contributed by atoms with Gasteiger partial charge in [-0.05, 0) is 39.3 Å². The number of H-pyrrole nitrogens is 1. The van der Waals surface area contributed by atoms with E-state index in [9.17, 15) is 14.4 Å². The Kier molecular flexibility index (Phi) is 6.09. The maximum Gasteiger partial charge on any atom is 0.408 e. The predicted octanol–water partition coefficient (Wildman–Crippen LogP) is 2.19. The molecule has 27 heavy (non-hydrogen) atoms. The normalized spacial score (nSPS) is 13.6. The van der Waals surface area contributed by atoms with E-state index >= 15 is 0 Å². The Labute approximate surface area is 157 Å². The molecule has 0 spiro atoms. The van der Waals surface area contributed by atoms with E-state index in [1.807, 2.05) is 24.3 Å². The molecule has 8 nitrogen and oxygen atoms in total. The Bertz CT molecular complexity index is 837. The molecule has 0 aliphatic heterocycles. The minimum absolute atomic E-state index is 0.182. The lowest BCUT2D eigenvalue weighted by atomic mass is 10.0. The SMILES string of the molecule is C[C@H](NC(=O)[C@H](Cc1c[nH]c2ccccc12)NC(=O)OC(C)(C)C)C(=O)O. The summed E-state index contributed by atoms with van der Waals surface area (Å²) in [4.78, 5) is 38.9. The number of rotatable bonds is 6. The fourth-order valence-corrected chi connectivity index (χ4v) is 2.56. The van der Waals surface area contributed by atoms with E-state index in [4.69, 9.17) is 9.84 Å². The molecule has 1 aromatic heterocycles. The second kappa shape index (κ2) is 8.11. The first-order valence-electron chi connectivity index (χ1n) is 8.64. The zero-order valence-electron chi connectivity index (χ0n) is 15.8. The molecule has 4 N–H and O–H groups in total. The molecule has 2 aromatic rings. The van der Waals surface area contributed by atoms with Crippen LogP contribution in [0.3, 0.4) is 0 Å². The number of carbonyl (C=O) groups excluding carboxylic acids is 2. The van der Waals surface area contributed by atoms with E-state index in [0.29, 0.717) is 0 Å². The van der Waals surface area contributed by atoms with Gasteiger partial charge in [-0.15, -0.1) is 0 Å². The van der Waals surface area contributed by atoms with Crippen LogP contribution in [0.25, 0.3) is 10.9 Å². The van der Waals surface area contributed by atoms with E-state index in [1.165, 1.54) is 6.92 Å². The molecule has 0 saturated carbocycles. The summed E-state index contributed by atoms with van der Waals surface area (Å²) in [5, 5.41) is 14.9. The van der Waals surface area contributed by atoms with E-state index in [0.717, 1.165) is 16.5 Å². The number of carboxylic acids is 1. The minimum Gasteiger partial charge on any atom is -0.480 e. The highest BCUT2D eigenvalue weighted by atomic mass is 16.6. The summed E-state index contributed by atoms with van der Waals surface area (Å²) in [7, 11) is 0. The van der Waals surface area contributed by atoms with E-state index < -0.39 is 35.7 Å². The first-order chi connectivity index (χ1) is 12.6. The molecule has 0 aliphatic carbocycles. The van der Waals surface area contributed by atoms with Gasteiger partial charge in [0.25, 0.3) is 0 Å². The van der Waals surface area contributed by atoms with Crippen molar-refractivity contribution in [2.75, 3.05) is 0 Å². The van der Waals surface area contributed by atoms with Gasteiger partial charge in [0, 0.05) is 23.5 Å². The van der Waals surface area contributed by atoms with Crippen LogP contribution in [-0.4, -0.2) is 45.7 Å². The van der Waals surface area contributed by atoms with Crippen LogP contribution in [-0.2, 0) is 20.7 Å². The molecule has 2 atom stereocenters. The van der Waals surface area contributed by atoms with Gasteiger partial charge in [0.15, 0.2) is 0 Å². The lowest BCUT2D eigenvalue weighted by Gasteiger charge is -2.24. The fourth-order valence-electron chi connectivity index (χ4n) is 2.56. The molecule has 0 bridgehead atoms. The monoisotopic (exact) mass is 375 g/mol. The predicted molar refractivity (Wildman–Crippen MR) is 100 cm³/mol. The Hall–Kier alpha value is -3.03. The Morgan fingerprint density at radius 1 is 1.19 bits per heavy atom. The molecule has 0 saturated heterocycles. The molecule has 146 valence electrons. The van der Waals surface area contributed by atoms with Crippen LogP contribution in [0.4, 0.5) is 4.79 Å². The zero-order chi connectivity index (χ0) is 20.2. The number of hydrogen-bond donors (Lipinski definition) is 4. The number of carboxylic acid groups (broad SMARTS) is 1. The van der Waals surface area contributed by atoms with Gasteiger partial charge in [-0.1, -0.05) is 18.2 Å². The van der Waals surface area contributed by atoms with Gasteiger partial charge < -0.3 is 25.5 Å².